The molecular formula is C14H21N2O9P. The molecule has 1 aromatic heterocycles. The molecule has 0 radical (unpaired) electrons. The Balaban J connectivity index is 2.13. The van der Waals surface area contributed by atoms with Gasteiger partial charge in [0, 0.05) is 18.2 Å². The Hall–Kier alpha value is -1.59. The van der Waals surface area contributed by atoms with E-state index in [4.69, 9.17) is 24.0 Å². The highest BCUT2D eigenvalue weighted by atomic mass is 31.2. The summed E-state index contributed by atoms with van der Waals surface area (Å²) in [5.41, 5.74) is -0.852. The van der Waals surface area contributed by atoms with Crippen LogP contribution in [0.1, 0.15) is 18.2 Å². The summed E-state index contributed by atoms with van der Waals surface area (Å²) in [5, 5.41) is 0. The van der Waals surface area contributed by atoms with Crippen molar-refractivity contribution >= 4 is 7.82 Å². The summed E-state index contributed by atoms with van der Waals surface area (Å²) in [5.74, 6) is 0. The fraction of sp³-hybridized carbons (Fsp3) is 0.571. The van der Waals surface area contributed by atoms with Gasteiger partial charge in [0.25, 0.3) is 5.56 Å². The smallest absolute Gasteiger partial charge is 0.351 e. The standard InChI is InChI=1S/C14H21N2O9P/c1-3-4-22-8-23-10-5-12(25-11(10)7-24-26(19,20)21)16-6-9(2)13(17)15-14(16)18/h3,6,10-12H,1,4-5,7-8H2,2H3,(H,15,17,18)(H2,19,20,21)/t10?,11-,12-/m1/s1. The molecule has 1 fully saturated rings. The summed E-state index contributed by atoms with van der Waals surface area (Å²) in [7, 11) is -4.69. The van der Waals surface area contributed by atoms with Crippen LogP contribution in [0.15, 0.2) is 28.4 Å². The molecule has 1 aromatic rings. The minimum atomic E-state index is -4.69. The van der Waals surface area contributed by atoms with E-state index < -0.39 is 44.1 Å². The Kier molecular flexibility index (Phi) is 7.07. The van der Waals surface area contributed by atoms with Crippen LogP contribution >= 0.6 is 7.82 Å². The summed E-state index contributed by atoms with van der Waals surface area (Å²) in [6.07, 6.45) is 0.790. The maximum absolute atomic E-state index is 12.0. The Morgan fingerprint density at radius 3 is 2.88 bits per heavy atom. The van der Waals surface area contributed by atoms with Gasteiger partial charge < -0.3 is 24.0 Å². The third-order valence-electron chi connectivity index (χ3n) is 3.64. The van der Waals surface area contributed by atoms with Crippen LogP contribution in [-0.2, 0) is 23.3 Å². The minimum absolute atomic E-state index is 0.0985. The zero-order chi connectivity index (χ0) is 19.3. The van der Waals surface area contributed by atoms with Crippen LogP contribution in [0.4, 0.5) is 0 Å². The van der Waals surface area contributed by atoms with E-state index in [0.29, 0.717) is 5.56 Å². The predicted molar refractivity (Wildman–Crippen MR) is 88.5 cm³/mol. The summed E-state index contributed by atoms with van der Waals surface area (Å²) in [6, 6.07) is 0. The van der Waals surface area contributed by atoms with Crippen molar-refractivity contribution in [2.75, 3.05) is 20.0 Å². The molecule has 0 spiro atoms. The molecule has 0 bridgehead atoms. The SMILES string of the molecule is C=CCOCOC1C[C@H](n2cc(C)c(=O)[nH]c2=O)O[C@@H]1COP(=O)(O)O. The van der Waals surface area contributed by atoms with Gasteiger partial charge in [-0.25, -0.2) is 9.36 Å². The lowest BCUT2D eigenvalue weighted by atomic mass is 10.2. The molecule has 3 N–H and O–H groups in total. The number of nitrogens with zero attached hydrogens (tertiary/aromatic N) is 1. The molecule has 1 aliphatic rings. The first-order valence-corrected chi connectivity index (χ1v) is 9.22. The number of rotatable bonds is 9. The molecule has 1 aliphatic heterocycles. The van der Waals surface area contributed by atoms with Gasteiger partial charge in [0.15, 0.2) is 0 Å². The maximum atomic E-state index is 12.0. The number of aromatic nitrogens is 2. The van der Waals surface area contributed by atoms with E-state index in [1.807, 2.05) is 0 Å². The highest BCUT2D eigenvalue weighted by molar-refractivity contribution is 7.46. The predicted octanol–water partition coefficient (Wildman–Crippen LogP) is -0.213. The van der Waals surface area contributed by atoms with E-state index in [2.05, 4.69) is 16.1 Å². The molecule has 12 heteroatoms. The zero-order valence-corrected chi connectivity index (χ0v) is 15.0. The average molecular weight is 392 g/mol. The lowest BCUT2D eigenvalue weighted by Crippen LogP contribution is -2.33. The first kappa shape index (κ1) is 20.7. The van der Waals surface area contributed by atoms with Crippen LogP contribution in [0.5, 0.6) is 0 Å². The van der Waals surface area contributed by atoms with E-state index in [-0.39, 0.29) is 19.8 Å². The highest BCUT2D eigenvalue weighted by Crippen LogP contribution is 2.38. The third kappa shape index (κ3) is 5.71. The van der Waals surface area contributed by atoms with Crippen molar-refractivity contribution < 1.29 is 33.1 Å². The van der Waals surface area contributed by atoms with Crippen molar-refractivity contribution in [2.45, 2.75) is 31.8 Å². The quantitative estimate of drug-likeness (QED) is 0.224. The van der Waals surface area contributed by atoms with Gasteiger partial charge in [-0.3, -0.25) is 18.9 Å². The maximum Gasteiger partial charge on any atom is 0.469 e. The van der Waals surface area contributed by atoms with Gasteiger partial charge in [-0.05, 0) is 6.92 Å². The van der Waals surface area contributed by atoms with Gasteiger partial charge in [0.1, 0.15) is 19.1 Å². The Morgan fingerprint density at radius 2 is 2.23 bits per heavy atom. The minimum Gasteiger partial charge on any atom is -0.351 e. The lowest BCUT2D eigenvalue weighted by molar-refractivity contribution is -0.113. The number of phosphoric ester groups is 1. The first-order valence-electron chi connectivity index (χ1n) is 7.69. The second kappa shape index (κ2) is 8.87. The molecule has 1 unspecified atom stereocenters. The molecule has 3 atom stereocenters. The molecule has 0 amide bonds. The Bertz CT molecular complexity index is 783. The van der Waals surface area contributed by atoms with Crippen molar-refractivity contribution in [3.8, 4) is 0 Å². The topological polar surface area (TPSA) is 149 Å². The molecule has 2 heterocycles. The van der Waals surface area contributed by atoms with Gasteiger partial charge in [-0.2, -0.15) is 0 Å². The fourth-order valence-corrected chi connectivity index (χ4v) is 2.78. The number of hydrogen-bond donors (Lipinski definition) is 3. The van der Waals surface area contributed by atoms with Crippen molar-refractivity contribution in [3.05, 3.63) is 45.3 Å². The summed E-state index contributed by atoms with van der Waals surface area (Å²) < 4.78 is 32.9. The molecule has 0 saturated carbocycles. The summed E-state index contributed by atoms with van der Waals surface area (Å²) in [4.78, 5) is 43.4. The second-order valence-electron chi connectivity index (χ2n) is 5.61. The number of ether oxygens (including phenoxy) is 3. The molecule has 11 nitrogen and oxygen atoms in total. The number of aryl methyl sites for hydroxylation is 1. The van der Waals surface area contributed by atoms with Gasteiger partial charge in [-0.1, -0.05) is 6.08 Å². The van der Waals surface area contributed by atoms with E-state index >= 15 is 0 Å². The van der Waals surface area contributed by atoms with Crippen molar-refractivity contribution in [2.24, 2.45) is 0 Å². The third-order valence-corrected chi connectivity index (χ3v) is 4.13. The molecule has 2 rings (SSSR count). The number of H-pyrrole nitrogens is 1. The van der Waals surface area contributed by atoms with Crippen LogP contribution < -0.4 is 11.2 Å². The van der Waals surface area contributed by atoms with E-state index in [0.717, 1.165) is 0 Å². The van der Waals surface area contributed by atoms with Gasteiger partial charge in [-0.15, -0.1) is 6.58 Å². The van der Waals surface area contributed by atoms with Gasteiger partial charge >= 0.3 is 13.5 Å². The van der Waals surface area contributed by atoms with Crippen molar-refractivity contribution in [1.29, 1.82) is 0 Å². The number of hydrogen-bond acceptors (Lipinski definition) is 7. The monoisotopic (exact) mass is 392 g/mol. The highest BCUT2D eigenvalue weighted by Gasteiger charge is 2.39. The van der Waals surface area contributed by atoms with E-state index in [9.17, 15) is 14.2 Å². The summed E-state index contributed by atoms with van der Waals surface area (Å²) in [6.45, 7) is 4.76. The average Bonchev–Trinajstić information content (AvgIpc) is 2.95. The van der Waals surface area contributed by atoms with Crippen LogP contribution in [0.3, 0.4) is 0 Å². The molecule has 0 aromatic carbocycles. The number of nitrogens with one attached hydrogen (secondary N) is 1. The van der Waals surface area contributed by atoms with Crippen LogP contribution in [0.2, 0.25) is 0 Å². The number of aromatic amines is 1. The number of phosphoric acid groups is 1. The zero-order valence-electron chi connectivity index (χ0n) is 14.1. The first-order chi connectivity index (χ1) is 12.2. The normalized spacial score (nSPS) is 23.3. The molecule has 26 heavy (non-hydrogen) atoms. The van der Waals surface area contributed by atoms with Gasteiger partial charge in [0.2, 0.25) is 0 Å². The Morgan fingerprint density at radius 1 is 1.50 bits per heavy atom. The van der Waals surface area contributed by atoms with Crippen LogP contribution in [0, 0.1) is 6.92 Å². The van der Waals surface area contributed by atoms with E-state index in [1.165, 1.54) is 23.8 Å². The largest absolute Gasteiger partial charge is 0.469 e. The fourth-order valence-electron chi connectivity index (χ4n) is 2.43. The molecule has 1 saturated heterocycles. The molecule has 0 aliphatic carbocycles. The van der Waals surface area contributed by atoms with Gasteiger partial charge in [0.05, 0.1) is 19.3 Å². The van der Waals surface area contributed by atoms with Crippen LogP contribution in [-0.4, -0.2) is 51.6 Å². The molecular weight excluding hydrogens is 371 g/mol. The van der Waals surface area contributed by atoms with E-state index in [1.54, 1.807) is 0 Å². The van der Waals surface area contributed by atoms with Crippen LogP contribution in [0.25, 0.3) is 0 Å². The van der Waals surface area contributed by atoms with Crippen molar-refractivity contribution in [1.82, 2.24) is 9.55 Å². The lowest BCUT2D eigenvalue weighted by Gasteiger charge is -2.19. The van der Waals surface area contributed by atoms with Crippen molar-refractivity contribution in [3.63, 3.8) is 0 Å². The second-order valence-corrected chi connectivity index (χ2v) is 6.85. The Labute approximate surface area is 148 Å². The molecule has 146 valence electrons. The summed E-state index contributed by atoms with van der Waals surface area (Å²) >= 11 is 0.